The molecule has 0 amide bonds. The minimum atomic E-state index is -0.494. The topological polar surface area (TPSA) is 27.7 Å². The SMILES string of the molecule is CC1=CCC2=C(C1)O[C@@H]1CC[C@@]2(C)[C@]12COC(C)(C)O2. The summed E-state index contributed by atoms with van der Waals surface area (Å²) in [6, 6.07) is 0. The number of hydrogen-bond donors (Lipinski definition) is 0. The summed E-state index contributed by atoms with van der Waals surface area (Å²) in [5.74, 6) is 0.722. The van der Waals surface area contributed by atoms with Crippen molar-refractivity contribution in [2.24, 2.45) is 5.41 Å². The van der Waals surface area contributed by atoms with Gasteiger partial charge in [0, 0.05) is 11.8 Å². The van der Waals surface area contributed by atoms with Crippen LogP contribution in [0.15, 0.2) is 23.0 Å². The molecule has 3 nitrogen and oxygen atoms in total. The Kier molecular flexibility index (Phi) is 2.38. The van der Waals surface area contributed by atoms with Gasteiger partial charge in [0.25, 0.3) is 0 Å². The van der Waals surface area contributed by atoms with E-state index in [9.17, 15) is 0 Å². The van der Waals surface area contributed by atoms with Crippen LogP contribution < -0.4 is 0 Å². The van der Waals surface area contributed by atoms with E-state index in [1.165, 1.54) is 16.9 Å². The maximum absolute atomic E-state index is 6.44. The van der Waals surface area contributed by atoms with Crippen LogP contribution in [0, 0.1) is 5.41 Å². The molecule has 1 spiro atoms. The standard InChI is InChI=1S/C17H24O3/c1-11-5-6-12-13(9-11)19-14-7-8-16(12,4)17(14)10-18-15(2,3)20-17/h5,14H,6-10H2,1-4H3/t14-,16-,17+/m1/s1. The third-order valence-corrected chi connectivity index (χ3v) is 5.80. The van der Waals surface area contributed by atoms with Gasteiger partial charge >= 0.3 is 0 Å². The number of fused-ring (bicyclic) bond motifs is 1. The molecule has 2 bridgehead atoms. The molecule has 2 heterocycles. The molecule has 20 heavy (non-hydrogen) atoms. The van der Waals surface area contributed by atoms with E-state index in [0.717, 1.165) is 25.7 Å². The molecule has 0 radical (unpaired) electrons. The summed E-state index contributed by atoms with van der Waals surface area (Å²) in [7, 11) is 0. The number of hydrogen-bond acceptors (Lipinski definition) is 3. The van der Waals surface area contributed by atoms with Gasteiger partial charge in [-0.05, 0) is 45.6 Å². The fraction of sp³-hybridized carbons (Fsp3) is 0.765. The van der Waals surface area contributed by atoms with E-state index in [4.69, 9.17) is 14.2 Å². The second kappa shape index (κ2) is 3.69. The van der Waals surface area contributed by atoms with Crippen LogP contribution in [0.25, 0.3) is 0 Å². The molecule has 0 N–H and O–H groups in total. The van der Waals surface area contributed by atoms with Crippen LogP contribution in [0.3, 0.4) is 0 Å². The third kappa shape index (κ3) is 1.43. The number of allylic oxidation sites excluding steroid dienone is 2. The smallest absolute Gasteiger partial charge is 0.163 e. The van der Waals surface area contributed by atoms with E-state index in [2.05, 4.69) is 19.9 Å². The van der Waals surface area contributed by atoms with E-state index >= 15 is 0 Å². The predicted molar refractivity (Wildman–Crippen MR) is 76.1 cm³/mol. The lowest BCUT2D eigenvalue weighted by molar-refractivity contribution is -0.208. The van der Waals surface area contributed by atoms with Gasteiger partial charge in [0.1, 0.15) is 17.5 Å². The predicted octanol–water partition coefficient (Wildman–Crippen LogP) is 3.70. The Morgan fingerprint density at radius 2 is 2.05 bits per heavy atom. The first-order valence-electron chi connectivity index (χ1n) is 7.75. The molecule has 4 rings (SSSR count). The van der Waals surface area contributed by atoms with Gasteiger partial charge in [0.05, 0.1) is 6.61 Å². The van der Waals surface area contributed by atoms with Crippen LogP contribution in [0.2, 0.25) is 0 Å². The zero-order chi connectivity index (χ0) is 14.2. The van der Waals surface area contributed by atoms with E-state index in [-0.39, 0.29) is 17.1 Å². The third-order valence-electron chi connectivity index (χ3n) is 5.80. The number of rotatable bonds is 0. The minimum Gasteiger partial charge on any atom is -0.491 e. The summed E-state index contributed by atoms with van der Waals surface area (Å²) in [5.41, 5.74) is 2.66. The fourth-order valence-corrected chi connectivity index (χ4v) is 4.63. The second-order valence-corrected chi connectivity index (χ2v) is 7.49. The Morgan fingerprint density at radius 1 is 1.25 bits per heavy atom. The lowest BCUT2D eigenvalue weighted by Gasteiger charge is -2.49. The fourth-order valence-electron chi connectivity index (χ4n) is 4.63. The zero-order valence-corrected chi connectivity index (χ0v) is 12.9. The highest BCUT2D eigenvalue weighted by molar-refractivity contribution is 5.38. The van der Waals surface area contributed by atoms with Gasteiger partial charge in [-0.25, -0.2) is 0 Å². The molecule has 0 unspecified atom stereocenters. The molecule has 1 saturated heterocycles. The van der Waals surface area contributed by atoms with Gasteiger partial charge in [-0.15, -0.1) is 0 Å². The summed E-state index contributed by atoms with van der Waals surface area (Å²) < 4.78 is 18.8. The largest absolute Gasteiger partial charge is 0.491 e. The molecule has 2 aliphatic carbocycles. The summed E-state index contributed by atoms with van der Waals surface area (Å²) in [4.78, 5) is 0. The van der Waals surface area contributed by atoms with E-state index < -0.39 is 5.79 Å². The Labute approximate surface area is 121 Å². The molecular formula is C17H24O3. The summed E-state index contributed by atoms with van der Waals surface area (Å²) in [6.45, 7) is 9.24. The van der Waals surface area contributed by atoms with Crippen molar-refractivity contribution in [1.29, 1.82) is 0 Å². The molecule has 0 aromatic rings. The highest BCUT2D eigenvalue weighted by Gasteiger charge is 2.69. The van der Waals surface area contributed by atoms with Crippen LogP contribution in [0.1, 0.15) is 53.4 Å². The van der Waals surface area contributed by atoms with Crippen LogP contribution in [0.5, 0.6) is 0 Å². The van der Waals surface area contributed by atoms with Gasteiger partial charge in [0.2, 0.25) is 0 Å². The normalized spacial score (nSPS) is 45.4. The lowest BCUT2D eigenvalue weighted by Crippen LogP contribution is -2.57. The Morgan fingerprint density at radius 3 is 2.75 bits per heavy atom. The van der Waals surface area contributed by atoms with Gasteiger partial charge in [-0.3, -0.25) is 0 Å². The van der Waals surface area contributed by atoms with Gasteiger partial charge in [-0.1, -0.05) is 18.6 Å². The van der Waals surface area contributed by atoms with Crippen molar-refractivity contribution < 1.29 is 14.2 Å². The molecule has 4 aliphatic rings. The average Bonchev–Trinajstić information content (AvgIpc) is 2.76. The quantitative estimate of drug-likeness (QED) is 0.631. The Bertz CT molecular complexity index is 530. The first kappa shape index (κ1) is 12.9. The zero-order valence-electron chi connectivity index (χ0n) is 12.9. The molecule has 0 aromatic carbocycles. The van der Waals surface area contributed by atoms with Crippen molar-refractivity contribution >= 4 is 0 Å². The molecule has 2 fully saturated rings. The van der Waals surface area contributed by atoms with Crippen LogP contribution in [-0.2, 0) is 14.2 Å². The van der Waals surface area contributed by atoms with Gasteiger partial charge in [0.15, 0.2) is 5.79 Å². The van der Waals surface area contributed by atoms with Crippen LogP contribution in [0.4, 0.5) is 0 Å². The van der Waals surface area contributed by atoms with Gasteiger partial charge in [-0.2, -0.15) is 0 Å². The first-order chi connectivity index (χ1) is 9.36. The highest BCUT2D eigenvalue weighted by atomic mass is 16.8. The van der Waals surface area contributed by atoms with Crippen molar-refractivity contribution in [2.75, 3.05) is 6.61 Å². The summed E-state index contributed by atoms with van der Waals surface area (Å²) in [5, 5.41) is 0. The van der Waals surface area contributed by atoms with Crippen LogP contribution >= 0.6 is 0 Å². The summed E-state index contributed by atoms with van der Waals surface area (Å²) in [6.07, 6.45) is 6.70. The molecule has 1 saturated carbocycles. The molecule has 0 aromatic heterocycles. The van der Waals surface area contributed by atoms with E-state index in [1.807, 2.05) is 13.8 Å². The Hall–Kier alpha value is -0.800. The molecule has 3 atom stereocenters. The van der Waals surface area contributed by atoms with Crippen molar-refractivity contribution in [2.45, 2.75) is 70.9 Å². The van der Waals surface area contributed by atoms with Crippen LogP contribution in [-0.4, -0.2) is 24.1 Å². The van der Waals surface area contributed by atoms with Crippen molar-refractivity contribution in [3.05, 3.63) is 23.0 Å². The molecular weight excluding hydrogens is 252 g/mol. The van der Waals surface area contributed by atoms with Crippen molar-refractivity contribution in [1.82, 2.24) is 0 Å². The van der Waals surface area contributed by atoms with E-state index in [0.29, 0.717) is 6.61 Å². The average molecular weight is 276 g/mol. The molecule has 3 heteroatoms. The monoisotopic (exact) mass is 276 g/mol. The highest BCUT2D eigenvalue weighted by Crippen LogP contribution is 2.63. The van der Waals surface area contributed by atoms with Gasteiger partial charge < -0.3 is 14.2 Å². The second-order valence-electron chi connectivity index (χ2n) is 7.49. The lowest BCUT2D eigenvalue weighted by atomic mass is 9.66. The maximum atomic E-state index is 6.44. The van der Waals surface area contributed by atoms with Crippen molar-refractivity contribution in [3.63, 3.8) is 0 Å². The number of ether oxygens (including phenoxy) is 3. The molecule has 2 aliphatic heterocycles. The first-order valence-corrected chi connectivity index (χ1v) is 7.75. The maximum Gasteiger partial charge on any atom is 0.163 e. The summed E-state index contributed by atoms with van der Waals surface area (Å²) >= 11 is 0. The van der Waals surface area contributed by atoms with E-state index in [1.54, 1.807) is 0 Å². The minimum absolute atomic E-state index is 0.0657. The van der Waals surface area contributed by atoms with Crippen molar-refractivity contribution in [3.8, 4) is 0 Å². The molecule has 110 valence electrons. The Balaban J connectivity index is 1.79.